The Bertz CT molecular complexity index is 1160. The molecule has 0 radical (unpaired) electrons. The van der Waals surface area contributed by atoms with E-state index in [1.807, 2.05) is 0 Å². The Balaban J connectivity index is 1.77. The summed E-state index contributed by atoms with van der Waals surface area (Å²) in [5.41, 5.74) is 0.991. The number of halogens is 1. The third-order valence-corrected chi connectivity index (χ3v) is 6.78. The molecule has 2 atom stereocenters. The summed E-state index contributed by atoms with van der Waals surface area (Å²) in [6.07, 6.45) is -0.418. The van der Waals surface area contributed by atoms with Gasteiger partial charge >= 0.3 is 6.09 Å². The van der Waals surface area contributed by atoms with Gasteiger partial charge in [0.25, 0.3) is 5.91 Å². The van der Waals surface area contributed by atoms with Crippen LogP contribution in [0.2, 0.25) is 0 Å². The van der Waals surface area contributed by atoms with E-state index in [1.165, 1.54) is 25.2 Å². The predicted molar refractivity (Wildman–Crippen MR) is 129 cm³/mol. The molecule has 1 saturated heterocycles. The lowest BCUT2D eigenvalue weighted by Gasteiger charge is -2.43. The smallest absolute Gasteiger partial charge is 0.409 e. The first-order valence-corrected chi connectivity index (χ1v) is 11.8. The maximum Gasteiger partial charge on any atom is 0.409 e. The standard InChI is InChI=1S/C26H30FN3O6/c1-5-36-26(33)30-12-10-29(11-13-30)25(32)22-17-14-20(34-3)21(35-4)15-18(17)24(31)28(2)23(22)16-8-6-7-9-19(16)27/h6-9,14-15,22-23H,5,10-13H2,1-4H3/t22-,23+/m0/s1. The lowest BCUT2D eigenvalue weighted by atomic mass is 9.78. The molecular weight excluding hydrogens is 469 g/mol. The fourth-order valence-corrected chi connectivity index (χ4v) is 4.94. The van der Waals surface area contributed by atoms with Crippen LogP contribution in [0.3, 0.4) is 0 Å². The van der Waals surface area contributed by atoms with Crippen molar-refractivity contribution in [3.8, 4) is 11.5 Å². The minimum absolute atomic E-state index is 0.247. The van der Waals surface area contributed by atoms with Gasteiger partial charge in [-0.2, -0.15) is 0 Å². The zero-order valence-corrected chi connectivity index (χ0v) is 20.8. The second-order valence-corrected chi connectivity index (χ2v) is 8.67. The minimum Gasteiger partial charge on any atom is -0.493 e. The first-order chi connectivity index (χ1) is 17.3. The summed E-state index contributed by atoms with van der Waals surface area (Å²) in [7, 11) is 4.51. The van der Waals surface area contributed by atoms with Crippen LogP contribution in [-0.4, -0.2) is 86.7 Å². The fraction of sp³-hybridized carbons (Fsp3) is 0.423. The Hall–Kier alpha value is -3.82. The second kappa shape index (κ2) is 10.4. The van der Waals surface area contributed by atoms with E-state index < -0.39 is 23.9 Å². The summed E-state index contributed by atoms with van der Waals surface area (Å²) in [4.78, 5) is 44.2. The van der Waals surface area contributed by atoms with Crippen LogP contribution >= 0.6 is 0 Å². The van der Waals surface area contributed by atoms with E-state index >= 15 is 4.39 Å². The number of benzene rings is 2. The summed E-state index contributed by atoms with van der Waals surface area (Å²) in [5, 5.41) is 0. The molecule has 192 valence electrons. The number of carbonyl (C=O) groups excluding carboxylic acids is 3. The number of hydrogen-bond acceptors (Lipinski definition) is 6. The van der Waals surface area contributed by atoms with Gasteiger partial charge in [-0.05, 0) is 30.7 Å². The lowest BCUT2D eigenvalue weighted by Crippen LogP contribution is -2.54. The van der Waals surface area contributed by atoms with Crippen molar-refractivity contribution in [2.45, 2.75) is 18.9 Å². The molecule has 2 aliphatic heterocycles. The van der Waals surface area contributed by atoms with Gasteiger partial charge in [-0.1, -0.05) is 18.2 Å². The van der Waals surface area contributed by atoms with Crippen LogP contribution in [0.1, 0.15) is 40.4 Å². The van der Waals surface area contributed by atoms with Crippen LogP contribution < -0.4 is 9.47 Å². The number of nitrogens with zero attached hydrogens (tertiary/aromatic N) is 3. The minimum atomic E-state index is -0.895. The van der Waals surface area contributed by atoms with Crippen molar-refractivity contribution in [3.63, 3.8) is 0 Å². The van der Waals surface area contributed by atoms with Crippen molar-refractivity contribution in [1.82, 2.24) is 14.7 Å². The molecule has 2 aromatic rings. The maximum atomic E-state index is 15.0. The average Bonchev–Trinajstić information content (AvgIpc) is 2.90. The molecule has 1 fully saturated rings. The fourth-order valence-electron chi connectivity index (χ4n) is 4.94. The average molecular weight is 500 g/mol. The van der Waals surface area contributed by atoms with Gasteiger partial charge in [-0.15, -0.1) is 0 Å². The second-order valence-electron chi connectivity index (χ2n) is 8.67. The van der Waals surface area contributed by atoms with Gasteiger partial charge in [-0.3, -0.25) is 9.59 Å². The third-order valence-electron chi connectivity index (χ3n) is 6.78. The molecule has 0 aromatic heterocycles. The normalized spacial score (nSPS) is 19.6. The largest absolute Gasteiger partial charge is 0.493 e. The highest BCUT2D eigenvalue weighted by atomic mass is 19.1. The van der Waals surface area contributed by atoms with Crippen LogP contribution in [0.25, 0.3) is 0 Å². The molecule has 2 heterocycles. The summed E-state index contributed by atoms with van der Waals surface area (Å²) < 4.78 is 31.0. The Morgan fingerprint density at radius 1 is 0.972 bits per heavy atom. The Labute approximate surface area is 209 Å². The SMILES string of the molecule is CCOC(=O)N1CCN(C(=O)[C@H]2c3cc(OC)c(OC)cc3C(=O)N(C)[C@@H]2c2ccccc2F)CC1. The predicted octanol–water partition coefficient (Wildman–Crippen LogP) is 3.05. The quantitative estimate of drug-likeness (QED) is 0.629. The highest BCUT2D eigenvalue weighted by Gasteiger charge is 2.46. The maximum absolute atomic E-state index is 15.0. The van der Waals surface area contributed by atoms with Crippen molar-refractivity contribution in [2.75, 3.05) is 54.1 Å². The van der Waals surface area contributed by atoms with E-state index in [9.17, 15) is 14.4 Å². The lowest BCUT2D eigenvalue weighted by molar-refractivity contribution is -0.136. The van der Waals surface area contributed by atoms with Gasteiger partial charge in [0.1, 0.15) is 5.82 Å². The third kappa shape index (κ3) is 4.43. The van der Waals surface area contributed by atoms with Gasteiger partial charge in [0.2, 0.25) is 5.91 Å². The highest BCUT2D eigenvalue weighted by Crippen LogP contribution is 2.46. The number of likely N-dealkylation sites (N-methyl/N-ethyl adjacent to an activating group) is 1. The van der Waals surface area contributed by atoms with E-state index in [-0.39, 0.29) is 24.0 Å². The molecule has 36 heavy (non-hydrogen) atoms. The van der Waals surface area contributed by atoms with Crippen LogP contribution in [0.4, 0.5) is 9.18 Å². The van der Waals surface area contributed by atoms with Crippen molar-refractivity contribution in [1.29, 1.82) is 0 Å². The number of fused-ring (bicyclic) bond motifs is 1. The molecule has 2 aromatic carbocycles. The Kier molecular flexibility index (Phi) is 7.32. The summed E-state index contributed by atoms with van der Waals surface area (Å²) in [6, 6.07) is 8.47. The van der Waals surface area contributed by atoms with Crippen LogP contribution in [-0.2, 0) is 9.53 Å². The summed E-state index contributed by atoms with van der Waals surface area (Å²) in [6.45, 7) is 3.22. The molecule has 9 nitrogen and oxygen atoms in total. The summed E-state index contributed by atoms with van der Waals surface area (Å²) in [5.74, 6) is -1.29. The van der Waals surface area contributed by atoms with Gasteiger partial charge in [0, 0.05) is 44.4 Å². The van der Waals surface area contributed by atoms with Crippen molar-refractivity contribution in [2.24, 2.45) is 0 Å². The van der Waals surface area contributed by atoms with Crippen molar-refractivity contribution in [3.05, 3.63) is 58.9 Å². The van der Waals surface area contributed by atoms with Gasteiger partial charge in [0.15, 0.2) is 11.5 Å². The number of methoxy groups -OCH3 is 2. The molecule has 3 amide bonds. The number of hydrogen-bond donors (Lipinski definition) is 0. The molecule has 0 spiro atoms. The topological polar surface area (TPSA) is 88.6 Å². The Morgan fingerprint density at radius 3 is 2.19 bits per heavy atom. The molecule has 0 bridgehead atoms. The molecule has 4 rings (SSSR count). The van der Waals surface area contributed by atoms with Gasteiger partial charge < -0.3 is 28.9 Å². The van der Waals surface area contributed by atoms with E-state index in [0.717, 1.165) is 0 Å². The highest BCUT2D eigenvalue weighted by molar-refractivity contribution is 6.02. The van der Waals surface area contributed by atoms with E-state index in [1.54, 1.807) is 54.1 Å². The zero-order valence-electron chi connectivity index (χ0n) is 20.8. The monoisotopic (exact) mass is 499 g/mol. The molecule has 0 unspecified atom stereocenters. The Morgan fingerprint density at radius 2 is 1.58 bits per heavy atom. The first-order valence-electron chi connectivity index (χ1n) is 11.8. The van der Waals surface area contributed by atoms with E-state index in [4.69, 9.17) is 14.2 Å². The molecule has 10 heteroatoms. The van der Waals surface area contributed by atoms with Crippen LogP contribution in [0, 0.1) is 5.82 Å². The van der Waals surface area contributed by atoms with Gasteiger partial charge in [0.05, 0.1) is 32.8 Å². The molecule has 0 saturated carbocycles. The van der Waals surface area contributed by atoms with Crippen molar-refractivity contribution < 1.29 is 33.0 Å². The molecular formula is C26H30FN3O6. The van der Waals surface area contributed by atoms with Crippen LogP contribution in [0.5, 0.6) is 11.5 Å². The first kappa shape index (κ1) is 25.3. The van der Waals surface area contributed by atoms with Crippen LogP contribution in [0.15, 0.2) is 36.4 Å². The van der Waals surface area contributed by atoms with Crippen molar-refractivity contribution >= 4 is 17.9 Å². The molecule has 0 aliphatic carbocycles. The summed E-state index contributed by atoms with van der Waals surface area (Å²) >= 11 is 0. The zero-order chi connectivity index (χ0) is 26.0. The number of piperazine rings is 1. The number of carbonyl (C=O) groups is 3. The van der Waals surface area contributed by atoms with E-state index in [2.05, 4.69) is 0 Å². The number of rotatable bonds is 5. The molecule has 2 aliphatic rings. The number of amides is 3. The number of ether oxygens (including phenoxy) is 3. The molecule has 0 N–H and O–H groups in total. The van der Waals surface area contributed by atoms with E-state index in [0.29, 0.717) is 48.8 Å². The van der Waals surface area contributed by atoms with Gasteiger partial charge in [-0.25, -0.2) is 9.18 Å².